The Hall–Kier alpha value is -1.61. The van der Waals surface area contributed by atoms with Gasteiger partial charge >= 0.3 is 5.97 Å². The zero-order valence-electron chi connectivity index (χ0n) is 16.9. The van der Waals surface area contributed by atoms with Crippen LogP contribution in [0.25, 0.3) is 0 Å². The molecular weight excluding hydrogens is 336 g/mol. The minimum absolute atomic E-state index is 0.00228. The van der Waals surface area contributed by atoms with Crippen LogP contribution in [0.1, 0.15) is 76.3 Å². The van der Waals surface area contributed by atoms with Crippen molar-refractivity contribution in [2.75, 3.05) is 0 Å². The second-order valence-corrected chi connectivity index (χ2v) is 9.53. The topological polar surface area (TPSA) is 46.5 Å². The minimum atomic E-state index is -0.589. The summed E-state index contributed by atoms with van der Waals surface area (Å²) in [6, 6.07) is 6.19. The maximum Gasteiger partial charge on any atom is 0.308 e. The summed E-state index contributed by atoms with van der Waals surface area (Å²) in [6.45, 7) is 9.90. The van der Waals surface area contributed by atoms with E-state index >= 15 is 0 Å². The number of ether oxygens (including phenoxy) is 1. The predicted octanol–water partition coefficient (Wildman–Crippen LogP) is 5.17. The molecule has 3 aliphatic rings. The molecule has 2 saturated carbocycles. The first kappa shape index (κ1) is 18.7. The minimum Gasteiger partial charge on any atom is -0.427 e. The largest absolute Gasteiger partial charge is 0.427 e. The summed E-state index contributed by atoms with van der Waals surface area (Å²) >= 11 is 0. The average molecular weight is 369 g/mol. The number of benzene rings is 1. The molecule has 1 N–H and O–H groups in total. The smallest absolute Gasteiger partial charge is 0.308 e. The maximum atomic E-state index is 11.5. The second kappa shape index (κ2) is 6.48. The lowest BCUT2D eigenvalue weighted by atomic mass is 9.53. The van der Waals surface area contributed by atoms with Gasteiger partial charge in [-0.3, -0.25) is 4.79 Å². The molecule has 0 aromatic heterocycles. The van der Waals surface area contributed by atoms with Gasteiger partial charge in [0.15, 0.2) is 0 Å². The maximum absolute atomic E-state index is 11.5. The fourth-order valence-electron chi connectivity index (χ4n) is 6.69. The first-order chi connectivity index (χ1) is 12.7. The molecule has 0 amide bonds. The molecule has 2 fully saturated rings. The first-order valence-corrected chi connectivity index (χ1v) is 10.4. The Kier molecular flexibility index (Phi) is 4.50. The number of hydrogen-bond donors (Lipinski definition) is 1. The highest BCUT2D eigenvalue weighted by molar-refractivity contribution is 5.69. The standard InChI is InChI=1S/C24H32O3/c1-15(2)14-24(26)12-10-22-21-7-5-17-13-18(27-16(3)25)6-8-19(17)20(21)9-11-23(22,24)4/h6,8,13,20-22,26H,1,5,7,9-12,14H2,2-4H3/t20?,21?,22?,23?,24-/m1/s1. The van der Waals surface area contributed by atoms with E-state index in [-0.39, 0.29) is 11.4 Å². The normalized spacial score (nSPS) is 37.1. The number of aryl methyl sites for hydroxylation is 1. The zero-order valence-corrected chi connectivity index (χ0v) is 16.9. The Morgan fingerprint density at radius 1 is 1.26 bits per heavy atom. The second-order valence-electron chi connectivity index (χ2n) is 9.53. The molecule has 146 valence electrons. The Balaban J connectivity index is 1.61. The number of rotatable bonds is 3. The van der Waals surface area contributed by atoms with Crippen molar-refractivity contribution >= 4 is 5.97 Å². The van der Waals surface area contributed by atoms with Gasteiger partial charge in [-0.25, -0.2) is 0 Å². The van der Waals surface area contributed by atoms with Crippen LogP contribution in [0.5, 0.6) is 5.75 Å². The fraction of sp³-hybridized carbons (Fsp3) is 0.625. The van der Waals surface area contributed by atoms with Crippen LogP contribution < -0.4 is 4.74 Å². The number of carbonyl (C=O) groups excluding carboxylic acids is 1. The van der Waals surface area contributed by atoms with Gasteiger partial charge in [0, 0.05) is 6.92 Å². The van der Waals surface area contributed by atoms with Gasteiger partial charge in [0.25, 0.3) is 0 Å². The van der Waals surface area contributed by atoms with Crippen molar-refractivity contribution in [2.24, 2.45) is 17.3 Å². The molecule has 1 aromatic rings. The molecule has 0 bridgehead atoms. The molecule has 0 aliphatic heterocycles. The molecule has 27 heavy (non-hydrogen) atoms. The zero-order chi connectivity index (χ0) is 19.4. The summed E-state index contributed by atoms with van der Waals surface area (Å²) < 4.78 is 5.29. The van der Waals surface area contributed by atoms with E-state index in [4.69, 9.17) is 4.74 Å². The van der Waals surface area contributed by atoms with Crippen molar-refractivity contribution in [3.05, 3.63) is 41.5 Å². The van der Waals surface area contributed by atoms with Crippen molar-refractivity contribution in [1.82, 2.24) is 0 Å². The van der Waals surface area contributed by atoms with Crippen LogP contribution >= 0.6 is 0 Å². The summed E-state index contributed by atoms with van der Waals surface area (Å²) in [5.41, 5.74) is 3.29. The van der Waals surface area contributed by atoms with Gasteiger partial charge in [0.1, 0.15) is 5.75 Å². The number of aliphatic hydroxyl groups is 1. The highest BCUT2D eigenvalue weighted by Crippen LogP contribution is 2.65. The quantitative estimate of drug-likeness (QED) is 0.455. The summed E-state index contributed by atoms with van der Waals surface area (Å²) in [7, 11) is 0. The summed E-state index contributed by atoms with van der Waals surface area (Å²) in [6.07, 6.45) is 7.19. The van der Waals surface area contributed by atoms with E-state index in [9.17, 15) is 9.90 Å². The summed E-state index contributed by atoms with van der Waals surface area (Å²) in [4.78, 5) is 11.3. The Bertz CT molecular complexity index is 782. The highest BCUT2D eigenvalue weighted by atomic mass is 16.5. The van der Waals surface area contributed by atoms with E-state index < -0.39 is 5.60 Å². The van der Waals surface area contributed by atoms with E-state index in [1.165, 1.54) is 24.5 Å². The van der Waals surface area contributed by atoms with E-state index in [1.807, 2.05) is 13.0 Å². The van der Waals surface area contributed by atoms with Gasteiger partial charge in [0.05, 0.1) is 5.60 Å². The Morgan fingerprint density at radius 3 is 2.74 bits per heavy atom. The lowest BCUT2D eigenvalue weighted by molar-refractivity contribution is -0.131. The molecular formula is C24H32O3. The third-order valence-corrected chi connectivity index (χ3v) is 7.88. The van der Waals surface area contributed by atoms with Gasteiger partial charge < -0.3 is 9.84 Å². The molecule has 3 nitrogen and oxygen atoms in total. The van der Waals surface area contributed by atoms with Crippen molar-refractivity contribution in [2.45, 2.75) is 77.2 Å². The predicted molar refractivity (Wildman–Crippen MR) is 107 cm³/mol. The number of carbonyl (C=O) groups is 1. The van der Waals surface area contributed by atoms with Crippen molar-refractivity contribution in [1.29, 1.82) is 0 Å². The molecule has 3 aliphatic carbocycles. The Labute approximate surface area is 162 Å². The third kappa shape index (κ3) is 2.95. The Morgan fingerprint density at radius 2 is 2.04 bits per heavy atom. The van der Waals surface area contributed by atoms with Crippen LogP contribution in [-0.2, 0) is 11.2 Å². The lowest BCUT2D eigenvalue weighted by Gasteiger charge is -2.53. The van der Waals surface area contributed by atoms with Gasteiger partial charge in [-0.05, 0) is 98.3 Å². The van der Waals surface area contributed by atoms with E-state index in [1.54, 1.807) is 0 Å². The highest BCUT2D eigenvalue weighted by Gasteiger charge is 2.61. The van der Waals surface area contributed by atoms with Crippen molar-refractivity contribution in [3.63, 3.8) is 0 Å². The molecule has 0 radical (unpaired) electrons. The number of esters is 1. The van der Waals surface area contributed by atoms with E-state index in [2.05, 4.69) is 25.6 Å². The lowest BCUT2D eigenvalue weighted by Crippen LogP contribution is -2.50. The molecule has 5 atom stereocenters. The van der Waals surface area contributed by atoms with Gasteiger partial charge in [0.2, 0.25) is 0 Å². The summed E-state index contributed by atoms with van der Waals surface area (Å²) in [5.74, 6) is 2.21. The average Bonchev–Trinajstić information content (AvgIpc) is 2.84. The molecule has 3 heteroatoms. The van der Waals surface area contributed by atoms with E-state index in [0.29, 0.717) is 23.5 Å². The van der Waals surface area contributed by atoms with Crippen LogP contribution in [0.15, 0.2) is 30.4 Å². The monoisotopic (exact) mass is 368 g/mol. The van der Waals surface area contributed by atoms with Crippen LogP contribution in [0.3, 0.4) is 0 Å². The third-order valence-electron chi connectivity index (χ3n) is 7.88. The van der Waals surface area contributed by atoms with Gasteiger partial charge in [-0.15, -0.1) is 6.58 Å². The summed E-state index contributed by atoms with van der Waals surface area (Å²) in [5, 5.41) is 11.5. The number of fused-ring (bicyclic) bond motifs is 5. The van der Waals surface area contributed by atoms with Gasteiger partial charge in [-0.2, -0.15) is 0 Å². The molecule has 0 saturated heterocycles. The number of hydrogen-bond acceptors (Lipinski definition) is 3. The molecule has 4 rings (SSSR count). The van der Waals surface area contributed by atoms with Crippen molar-refractivity contribution in [3.8, 4) is 5.75 Å². The van der Waals surface area contributed by atoms with Crippen LogP contribution in [0.2, 0.25) is 0 Å². The fourth-order valence-corrected chi connectivity index (χ4v) is 6.69. The molecule has 1 aromatic carbocycles. The SMILES string of the molecule is C=C(C)C[C@]1(O)CCC2C3CCc4cc(OC(C)=O)ccc4C3CCC21C. The van der Waals surface area contributed by atoms with E-state index in [0.717, 1.165) is 44.1 Å². The van der Waals surface area contributed by atoms with Crippen LogP contribution in [-0.4, -0.2) is 16.7 Å². The van der Waals surface area contributed by atoms with Gasteiger partial charge in [-0.1, -0.05) is 18.6 Å². The first-order valence-electron chi connectivity index (χ1n) is 10.4. The van der Waals surface area contributed by atoms with Crippen LogP contribution in [0, 0.1) is 17.3 Å². The van der Waals surface area contributed by atoms with Crippen LogP contribution in [0.4, 0.5) is 0 Å². The molecule has 4 unspecified atom stereocenters. The molecule has 0 heterocycles. The van der Waals surface area contributed by atoms with Crippen molar-refractivity contribution < 1.29 is 14.6 Å². The molecule has 0 spiro atoms.